The van der Waals surface area contributed by atoms with Gasteiger partial charge < -0.3 is 19.7 Å². The molecule has 0 aliphatic heterocycles. The SMILES string of the molecule is COc1ccc(O/C(=C/C(=O)O)C(=O)O)c(Br)c1. The lowest BCUT2D eigenvalue weighted by molar-refractivity contribution is -0.137. The van der Waals surface area contributed by atoms with E-state index in [2.05, 4.69) is 15.9 Å². The predicted octanol–water partition coefficient (Wildman–Crippen LogP) is 1.89. The van der Waals surface area contributed by atoms with Crippen molar-refractivity contribution in [2.24, 2.45) is 0 Å². The molecule has 1 aromatic carbocycles. The van der Waals surface area contributed by atoms with E-state index in [-0.39, 0.29) is 5.75 Å². The third-order valence-corrected chi connectivity index (χ3v) is 2.44. The molecule has 0 unspecified atom stereocenters. The minimum atomic E-state index is -1.47. The lowest BCUT2D eigenvalue weighted by Gasteiger charge is -2.08. The normalized spacial score (nSPS) is 10.9. The molecule has 1 aromatic rings. The second-order valence-electron chi connectivity index (χ2n) is 3.05. The molecule has 0 spiro atoms. The number of hydrogen-bond acceptors (Lipinski definition) is 4. The summed E-state index contributed by atoms with van der Waals surface area (Å²) in [6.07, 6.45) is 0.471. The van der Waals surface area contributed by atoms with E-state index >= 15 is 0 Å². The van der Waals surface area contributed by atoms with E-state index in [1.165, 1.54) is 13.2 Å². The molecule has 1 rings (SSSR count). The van der Waals surface area contributed by atoms with Crippen LogP contribution >= 0.6 is 15.9 Å². The zero-order valence-corrected chi connectivity index (χ0v) is 10.8. The summed E-state index contributed by atoms with van der Waals surface area (Å²) in [6, 6.07) is 4.58. The predicted molar refractivity (Wildman–Crippen MR) is 64.7 cm³/mol. The number of ether oxygens (including phenoxy) is 2. The molecule has 2 N–H and O–H groups in total. The van der Waals surface area contributed by atoms with Crippen molar-refractivity contribution in [2.75, 3.05) is 7.11 Å². The van der Waals surface area contributed by atoms with Crippen LogP contribution in [0.15, 0.2) is 34.5 Å². The van der Waals surface area contributed by atoms with E-state index < -0.39 is 17.7 Å². The van der Waals surface area contributed by atoms with E-state index in [4.69, 9.17) is 19.7 Å². The van der Waals surface area contributed by atoms with Gasteiger partial charge in [0.05, 0.1) is 17.7 Å². The smallest absolute Gasteiger partial charge is 0.372 e. The van der Waals surface area contributed by atoms with Crippen LogP contribution in [-0.2, 0) is 9.59 Å². The summed E-state index contributed by atoms with van der Waals surface area (Å²) in [4.78, 5) is 21.2. The fourth-order valence-corrected chi connectivity index (χ4v) is 1.50. The summed E-state index contributed by atoms with van der Waals surface area (Å²) in [5.41, 5.74) is 0. The molecule has 0 saturated carbocycles. The average molecular weight is 317 g/mol. The molecule has 0 amide bonds. The van der Waals surface area contributed by atoms with Gasteiger partial charge in [0, 0.05) is 0 Å². The summed E-state index contributed by atoms with van der Waals surface area (Å²) in [5, 5.41) is 17.3. The number of hydrogen-bond donors (Lipinski definition) is 2. The van der Waals surface area contributed by atoms with E-state index in [9.17, 15) is 9.59 Å². The van der Waals surface area contributed by atoms with Gasteiger partial charge in [0.1, 0.15) is 11.5 Å². The van der Waals surface area contributed by atoms with Crippen molar-refractivity contribution < 1.29 is 29.3 Å². The van der Waals surface area contributed by atoms with Crippen molar-refractivity contribution in [1.29, 1.82) is 0 Å². The first-order chi connectivity index (χ1) is 8.43. The van der Waals surface area contributed by atoms with Gasteiger partial charge in [-0.1, -0.05) is 0 Å². The Morgan fingerprint density at radius 3 is 2.44 bits per heavy atom. The first-order valence-electron chi connectivity index (χ1n) is 4.63. The van der Waals surface area contributed by atoms with Crippen LogP contribution in [0.1, 0.15) is 0 Å². The number of aliphatic carboxylic acids is 2. The highest BCUT2D eigenvalue weighted by Gasteiger charge is 2.14. The number of carbonyl (C=O) groups is 2. The quantitative estimate of drug-likeness (QED) is 0.636. The van der Waals surface area contributed by atoms with Gasteiger partial charge in [-0.25, -0.2) is 9.59 Å². The fourth-order valence-electron chi connectivity index (χ4n) is 1.06. The highest BCUT2D eigenvalue weighted by molar-refractivity contribution is 9.10. The molecule has 7 heteroatoms. The molecule has 0 saturated heterocycles. The summed E-state index contributed by atoms with van der Waals surface area (Å²) < 4.78 is 10.4. The number of methoxy groups -OCH3 is 1. The Hall–Kier alpha value is -2.02. The van der Waals surface area contributed by atoms with E-state index in [0.29, 0.717) is 16.3 Å². The molecule has 0 aliphatic carbocycles. The Labute approximate surface area is 111 Å². The first-order valence-corrected chi connectivity index (χ1v) is 5.42. The zero-order valence-electron chi connectivity index (χ0n) is 9.21. The first kappa shape index (κ1) is 14.0. The van der Waals surface area contributed by atoms with Crippen molar-refractivity contribution in [2.45, 2.75) is 0 Å². The Balaban J connectivity index is 3.02. The number of carboxylic acids is 2. The highest BCUT2D eigenvalue weighted by atomic mass is 79.9. The second-order valence-corrected chi connectivity index (χ2v) is 3.90. The Bertz CT molecular complexity index is 508. The van der Waals surface area contributed by atoms with E-state index in [1.54, 1.807) is 12.1 Å². The molecule has 0 bridgehead atoms. The van der Waals surface area contributed by atoms with Gasteiger partial charge in [-0.05, 0) is 34.1 Å². The van der Waals surface area contributed by atoms with Crippen LogP contribution in [0.25, 0.3) is 0 Å². The number of halogens is 1. The van der Waals surface area contributed by atoms with Crippen LogP contribution in [-0.4, -0.2) is 29.3 Å². The molecular formula is C11H9BrO6. The molecule has 96 valence electrons. The zero-order chi connectivity index (χ0) is 13.7. The molecule has 0 fully saturated rings. The maximum atomic E-state index is 10.8. The standard InChI is InChI=1S/C11H9BrO6/c1-17-6-2-3-8(7(12)4-6)18-9(11(15)16)5-10(13)14/h2-5H,1H3,(H,13,14)(H,15,16)/b9-5+. The van der Waals surface area contributed by atoms with Gasteiger partial charge in [-0.15, -0.1) is 0 Å². The minimum Gasteiger partial charge on any atom is -0.497 e. The average Bonchev–Trinajstić information content (AvgIpc) is 2.29. The third-order valence-electron chi connectivity index (χ3n) is 1.82. The van der Waals surface area contributed by atoms with Crippen LogP contribution < -0.4 is 9.47 Å². The van der Waals surface area contributed by atoms with Crippen LogP contribution in [0.5, 0.6) is 11.5 Å². The van der Waals surface area contributed by atoms with Crippen LogP contribution in [0, 0.1) is 0 Å². The largest absolute Gasteiger partial charge is 0.497 e. The van der Waals surface area contributed by atoms with Crippen molar-refractivity contribution in [3.63, 3.8) is 0 Å². The Morgan fingerprint density at radius 1 is 1.33 bits per heavy atom. The van der Waals surface area contributed by atoms with Crippen molar-refractivity contribution in [1.82, 2.24) is 0 Å². The maximum Gasteiger partial charge on any atom is 0.372 e. The third kappa shape index (κ3) is 3.77. The van der Waals surface area contributed by atoms with Gasteiger partial charge in [-0.2, -0.15) is 0 Å². The van der Waals surface area contributed by atoms with Crippen LogP contribution in [0.2, 0.25) is 0 Å². The lowest BCUT2D eigenvalue weighted by Crippen LogP contribution is -2.10. The van der Waals surface area contributed by atoms with Gasteiger partial charge >= 0.3 is 11.9 Å². The molecule has 0 aliphatic rings. The summed E-state index contributed by atoms with van der Waals surface area (Å²) in [5.74, 6) is -2.84. The van der Waals surface area contributed by atoms with E-state index in [1.807, 2.05) is 0 Å². The monoisotopic (exact) mass is 316 g/mol. The van der Waals surface area contributed by atoms with Gasteiger partial charge in [0.2, 0.25) is 5.76 Å². The molecular weight excluding hydrogens is 308 g/mol. The molecule has 6 nitrogen and oxygen atoms in total. The number of benzene rings is 1. The minimum absolute atomic E-state index is 0.172. The summed E-state index contributed by atoms with van der Waals surface area (Å²) in [7, 11) is 1.48. The van der Waals surface area contributed by atoms with Crippen LogP contribution in [0.3, 0.4) is 0 Å². The molecule has 0 atom stereocenters. The topological polar surface area (TPSA) is 93.1 Å². The fraction of sp³-hybridized carbons (Fsp3) is 0.0909. The van der Waals surface area contributed by atoms with Crippen molar-refractivity contribution in [3.8, 4) is 11.5 Å². The van der Waals surface area contributed by atoms with Crippen molar-refractivity contribution >= 4 is 27.9 Å². The van der Waals surface area contributed by atoms with Gasteiger partial charge in [0.25, 0.3) is 0 Å². The second kappa shape index (κ2) is 6.06. The van der Waals surface area contributed by atoms with Crippen molar-refractivity contribution in [3.05, 3.63) is 34.5 Å². The lowest BCUT2D eigenvalue weighted by atomic mass is 10.3. The molecule has 18 heavy (non-hydrogen) atoms. The Morgan fingerprint density at radius 2 is 2.00 bits per heavy atom. The van der Waals surface area contributed by atoms with Gasteiger partial charge in [-0.3, -0.25) is 0 Å². The molecule has 0 radical (unpaired) electrons. The maximum absolute atomic E-state index is 10.8. The van der Waals surface area contributed by atoms with Gasteiger partial charge in [0.15, 0.2) is 0 Å². The number of rotatable bonds is 5. The summed E-state index contributed by atoms with van der Waals surface area (Å²) >= 11 is 3.16. The van der Waals surface area contributed by atoms with Crippen LogP contribution in [0.4, 0.5) is 0 Å². The molecule has 0 heterocycles. The van der Waals surface area contributed by atoms with E-state index in [0.717, 1.165) is 0 Å². The summed E-state index contributed by atoms with van der Waals surface area (Å²) in [6.45, 7) is 0. The highest BCUT2D eigenvalue weighted by Crippen LogP contribution is 2.30. The molecule has 0 aromatic heterocycles. The Kier molecular flexibility index (Phi) is 4.73. The number of carboxylic acid groups (broad SMARTS) is 2.